The van der Waals surface area contributed by atoms with E-state index in [1.165, 1.54) is 0 Å². The molecule has 0 unspecified atom stereocenters. The Hall–Kier alpha value is -2.28. The first-order valence-corrected chi connectivity index (χ1v) is 9.41. The van der Waals surface area contributed by atoms with Crippen LogP contribution in [0, 0.1) is 5.92 Å². The molecule has 7 heteroatoms. The number of carbonyl (C=O) groups is 2. The number of fused-ring (bicyclic) bond motifs is 1. The average Bonchev–Trinajstić information content (AvgIpc) is 2.57. The molecule has 1 aromatic carbocycles. The lowest BCUT2D eigenvalue weighted by Crippen LogP contribution is -2.41. The van der Waals surface area contributed by atoms with Crippen molar-refractivity contribution in [3.05, 3.63) is 23.8 Å². The number of nitrogens with zero attached hydrogens (tertiary/aromatic N) is 2. The maximum absolute atomic E-state index is 12.6. The highest BCUT2D eigenvalue weighted by Crippen LogP contribution is 2.28. The fraction of sp³-hybridized carbons (Fsp3) is 0.600. The summed E-state index contributed by atoms with van der Waals surface area (Å²) in [4.78, 5) is 28.4. The molecule has 150 valence electrons. The number of ether oxygens (including phenoxy) is 1. The zero-order valence-corrected chi connectivity index (χ0v) is 17.2. The zero-order chi connectivity index (χ0) is 20.1. The lowest BCUT2D eigenvalue weighted by atomic mass is 10.0. The summed E-state index contributed by atoms with van der Waals surface area (Å²) in [6.45, 7) is 7.32. The van der Waals surface area contributed by atoms with Gasteiger partial charge in [-0.25, -0.2) is 4.79 Å². The van der Waals surface area contributed by atoms with Crippen molar-refractivity contribution >= 4 is 17.6 Å². The van der Waals surface area contributed by atoms with Crippen molar-refractivity contribution in [1.82, 2.24) is 15.1 Å². The van der Waals surface area contributed by atoms with E-state index in [0.29, 0.717) is 18.0 Å². The normalized spacial score (nSPS) is 20.4. The van der Waals surface area contributed by atoms with Crippen LogP contribution < -0.4 is 15.4 Å². The topological polar surface area (TPSA) is 73.9 Å². The van der Waals surface area contributed by atoms with Gasteiger partial charge in [-0.1, -0.05) is 6.92 Å². The number of amides is 3. The molecule has 0 saturated carbocycles. The maximum Gasteiger partial charge on any atom is 0.319 e. The summed E-state index contributed by atoms with van der Waals surface area (Å²) in [6.07, 6.45) is 0.212. The van der Waals surface area contributed by atoms with Crippen molar-refractivity contribution in [2.75, 3.05) is 39.5 Å². The van der Waals surface area contributed by atoms with Gasteiger partial charge in [0.15, 0.2) is 0 Å². The number of carbonyl (C=O) groups excluding carboxylic acids is 2. The molecule has 0 saturated heterocycles. The number of rotatable bonds is 4. The Labute approximate surface area is 162 Å². The van der Waals surface area contributed by atoms with E-state index < -0.39 is 0 Å². The molecule has 3 amide bonds. The quantitative estimate of drug-likeness (QED) is 0.845. The number of benzene rings is 1. The van der Waals surface area contributed by atoms with Crippen LogP contribution in [0.15, 0.2) is 18.2 Å². The number of nitrogens with one attached hydrogen (secondary N) is 2. The predicted octanol–water partition coefficient (Wildman–Crippen LogP) is 2.18. The first kappa shape index (κ1) is 21.0. The second kappa shape index (κ2) is 9.08. The van der Waals surface area contributed by atoms with Gasteiger partial charge in [-0.2, -0.15) is 0 Å². The standard InChI is InChI=1S/C20H32N4O3/c1-13(2)21-20(26)22-16-7-8-17-15(9-16)10-19(25)24(6)11-14(3)18(27-17)12-23(4)5/h7-9,13-14,18H,10-12H2,1-6H3,(H2,21,22,26)/t14-,18+/m1/s1. The number of likely N-dealkylation sites (N-methyl/N-ethyl adjacent to an activating group) is 2. The van der Waals surface area contributed by atoms with Gasteiger partial charge in [0.05, 0.1) is 6.42 Å². The van der Waals surface area contributed by atoms with Crippen LogP contribution in [0.25, 0.3) is 0 Å². The van der Waals surface area contributed by atoms with Gasteiger partial charge in [0.2, 0.25) is 5.91 Å². The van der Waals surface area contributed by atoms with Gasteiger partial charge in [-0.3, -0.25) is 4.79 Å². The molecular formula is C20H32N4O3. The fourth-order valence-corrected chi connectivity index (χ4v) is 3.15. The Morgan fingerprint density at radius 3 is 2.70 bits per heavy atom. The Morgan fingerprint density at radius 1 is 1.37 bits per heavy atom. The third-order valence-electron chi connectivity index (χ3n) is 4.53. The molecule has 0 radical (unpaired) electrons. The van der Waals surface area contributed by atoms with Crippen LogP contribution in [0.1, 0.15) is 26.3 Å². The van der Waals surface area contributed by atoms with E-state index in [1.54, 1.807) is 4.90 Å². The first-order valence-electron chi connectivity index (χ1n) is 9.41. The summed E-state index contributed by atoms with van der Waals surface area (Å²) in [7, 11) is 5.85. The van der Waals surface area contributed by atoms with E-state index in [1.807, 2.05) is 53.2 Å². The lowest BCUT2D eigenvalue weighted by Gasteiger charge is -2.29. The molecule has 2 rings (SSSR count). The summed E-state index contributed by atoms with van der Waals surface area (Å²) >= 11 is 0. The zero-order valence-electron chi connectivity index (χ0n) is 17.2. The van der Waals surface area contributed by atoms with E-state index in [4.69, 9.17) is 4.74 Å². The van der Waals surface area contributed by atoms with Crippen molar-refractivity contribution in [2.24, 2.45) is 5.92 Å². The van der Waals surface area contributed by atoms with Crippen LogP contribution in [0.5, 0.6) is 5.75 Å². The SMILES string of the molecule is CC(C)NC(=O)Nc1ccc2c(c1)CC(=O)N(C)C[C@@H](C)[C@H](CN(C)C)O2. The second-order valence-corrected chi connectivity index (χ2v) is 7.92. The fourth-order valence-electron chi connectivity index (χ4n) is 3.15. The van der Waals surface area contributed by atoms with E-state index in [-0.39, 0.29) is 36.4 Å². The molecule has 7 nitrogen and oxygen atoms in total. The molecule has 0 spiro atoms. The maximum atomic E-state index is 12.6. The van der Waals surface area contributed by atoms with Crippen molar-refractivity contribution in [3.63, 3.8) is 0 Å². The van der Waals surface area contributed by atoms with Gasteiger partial charge >= 0.3 is 6.03 Å². The molecule has 0 fully saturated rings. The summed E-state index contributed by atoms with van der Waals surface area (Å²) < 4.78 is 6.31. The predicted molar refractivity (Wildman–Crippen MR) is 107 cm³/mol. The molecule has 1 heterocycles. The molecule has 0 aliphatic carbocycles. The summed E-state index contributed by atoms with van der Waals surface area (Å²) in [5.74, 6) is 0.940. The van der Waals surface area contributed by atoms with Gasteiger partial charge in [-0.05, 0) is 46.1 Å². The van der Waals surface area contributed by atoms with E-state index in [9.17, 15) is 9.59 Å². The monoisotopic (exact) mass is 376 g/mol. The average molecular weight is 377 g/mol. The molecule has 2 N–H and O–H groups in total. The summed E-state index contributed by atoms with van der Waals surface area (Å²) in [5, 5.41) is 5.61. The van der Waals surface area contributed by atoms with E-state index in [2.05, 4.69) is 22.5 Å². The highest BCUT2D eigenvalue weighted by Gasteiger charge is 2.27. The van der Waals surface area contributed by atoms with Crippen LogP contribution in [-0.4, -0.2) is 68.1 Å². The first-order chi connectivity index (χ1) is 12.7. The van der Waals surface area contributed by atoms with Crippen LogP contribution in [0.4, 0.5) is 10.5 Å². The second-order valence-electron chi connectivity index (χ2n) is 7.92. The van der Waals surface area contributed by atoms with Crippen molar-refractivity contribution in [1.29, 1.82) is 0 Å². The third kappa shape index (κ3) is 6.13. The Kier molecular flexibility index (Phi) is 7.07. The molecule has 1 aliphatic rings. The largest absolute Gasteiger partial charge is 0.488 e. The van der Waals surface area contributed by atoms with Crippen molar-refractivity contribution in [3.8, 4) is 5.75 Å². The van der Waals surface area contributed by atoms with Crippen LogP contribution in [-0.2, 0) is 11.2 Å². The van der Waals surface area contributed by atoms with Gasteiger partial charge < -0.3 is 25.2 Å². The number of urea groups is 1. The van der Waals surface area contributed by atoms with Crippen molar-refractivity contribution < 1.29 is 14.3 Å². The third-order valence-corrected chi connectivity index (χ3v) is 4.53. The van der Waals surface area contributed by atoms with E-state index >= 15 is 0 Å². The molecule has 1 aliphatic heterocycles. The minimum Gasteiger partial charge on any atom is -0.488 e. The van der Waals surface area contributed by atoms with Gasteiger partial charge in [0.1, 0.15) is 11.9 Å². The minimum absolute atomic E-state index is 0.0323. The highest BCUT2D eigenvalue weighted by atomic mass is 16.5. The number of hydrogen-bond acceptors (Lipinski definition) is 4. The Morgan fingerprint density at radius 2 is 2.07 bits per heavy atom. The lowest BCUT2D eigenvalue weighted by molar-refractivity contribution is -0.129. The Bertz CT molecular complexity index is 675. The molecule has 0 bridgehead atoms. The van der Waals surface area contributed by atoms with E-state index in [0.717, 1.165) is 12.1 Å². The van der Waals surface area contributed by atoms with Crippen LogP contribution in [0.2, 0.25) is 0 Å². The smallest absolute Gasteiger partial charge is 0.319 e. The van der Waals surface area contributed by atoms with Crippen LogP contribution >= 0.6 is 0 Å². The van der Waals surface area contributed by atoms with Crippen molar-refractivity contribution in [2.45, 2.75) is 39.3 Å². The molecule has 1 aromatic rings. The highest BCUT2D eigenvalue weighted by molar-refractivity contribution is 5.90. The number of anilines is 1. The van der Waals surface area contributed by atoms with Gasteiger partial charge in [0, 0.05) is 43.3 Å². The Balaban J connectivity index is 2.29. The molecule has 2 atom stereocenters. The number of hydrogen-bond donors (Lipinski definition) is 2. The summed E-state index contributed by atoms with van der Waals surface area (Å²) in [6, 6.07) is 5.25. The molecule has 27 heavy (non-hydrogen) atoms. The molecule has 0 aromatic heterocycles. The summed E-state index contributed by atoms with van der Waals surface area (Å²) in [5.41, 5.74) is 1.43. The molecular weight excluding hydrogens is 344 g/mol. The van der Waals surface area contributed by atoms with Crippen LogP contribution in [0.3, 0.4) is 0 Å². The van der Waals surface area contributed by atoms with Gasteiger partial charge in [-0.15, -0.1) is 0 Å². The minimum atomic E-state index is -0.267. The van der Waals surface area contributed by atoms with Gasteiger partial charge in [0.25, 0.3) is 0 Å².